The molecule has 0 aromatic heterocycles. The molecule has 0 aromatic rings. The molecule has 370 valence electrons. The molecule has 0 radical (unpaired) electrons. The molecule has 0 fully saturated rings. The second-order valence-corrected chi connectivity index (χ2v) is 18.1. The van der Waals surface area contributed by atoms with Gasteiger partial charge >= 0.3 is 11.9 Å². The van der Waals surface area contributed by atoms with Crippen molar-refractivity contribution in [2.45, 2.75) is 271 Å². The molecular weight excluding hydrogens is 789 g/mol. The number of hydrogen-bond acceptors (Lipinski definition) is 5. The summed E-state index contributed by atoms with van der Waals surface area (Å²) in [5, 5.41) is 0. The minimum absolute atomic E-state index is 0.0681. The Morgan fingerprint density at radius 1 is 0.359 bits per heavy atom. The summed E-state index contributed by atoms with van der Waals surface area (Å²) in [6.45, 7) is 7.67. The maximum atomic E-state index is 12.8. The summed E-state index contributed by atoms with van der Waals surface area (Å²) in [6, 6.07) is 0. The van der Waals surface area contributed by atoms with Crippen LogP contribution in [-0.2, 0) is 23.8 Å². The summed E-state index contributed by atoms with van der Waals surface area (Å²) >= 11 is 0. The van der Waals surface area contributed by atoms with Crippen molar-refractivity contribution in [2.24, 2.45) is 0 Å². The average Bonchev–Trinajstić information content (AvgIpc) is 3.30. The lowest BCUT2D eigenvalue weighted by Gasteiger charge is -2.18. The van der Waals surface area contributed by atoms with E-state index < -0.39 is 6.10 Å². The van der Waals surface area contributed by atoms with Crippen LogP contribution in [0.25, 0.3) is 0 Å². The zero-order chi connectivity index (χ0) is 46.3. The first-order valence-electron chi connectivity index (χ1n) is 27.5. The van der Waals surface area contributed by atoms with Gasteiger partial charge in [0, 0.05) is 19.4 Å². The van der Waals surface area contributed by atoms with Gasteiger partial charge in [-0.1, -0.05) is 216 Å². The van der Waals surface area contributed by atoms with Gasteiger partial charge in [0.15, 0.2) is 6.10 Å². The number of rotatable bonds is 50. The fourth-order valence-electron chi connectivity index (χ4n) is 7.61. The van der Waals surface area contributed by atoms with E-state index in [1.165, 1.54) is 141 Å². The molecule has 0 aliphatic rings. The van der Waals surface area contributed by atoms with E-state index in [4.69, 9.17) is 14.2 Å². The summed E-state index contributed by atoms with van der Waals surface area (Å²) < 4.78 is 17.4. The third kappa shape index (κ3) is 52.0. The molecule has 0 aromatic carbocycles. The van der Waals surface area contributed by atoms with Crippen LogP contribution in [0.15, 0.2) is 72.9 Å². The van der Waals surface area contributed by atoms with Crippen molar-refractivity contribution in [1.82, 2.24) is 0 Å². The van der Waals surface area contributed by atoms with E-state index in [9.17, 15) is 9.59 Å². The molecule has 0 amide bonds. The molecule has 0 spiro atoms. The van der Waals surface area contributed by atoms with Gasteiger partial charge in [-0.15, -0.1) is 0 Å². The van der Waals surface area contributed by atoms with Gasteiger partial charge in [-0.2, -0.15) is 0 Å². The predicted octanol–water partition coefficient (Wildman–Crippen LogP) is 18.7. The molecule has 0 saturated carbocycles. The smallest absolute Gasteiger partial charge is 0.306 e. The first-order valence-corrected chi connectivity index (χ1v) is 27.5. The fourth-order valence-corrected chi connectivity index (χ4v) is 7.61. The lowest BCUT2D eigenvalue weighted by molar-refractivity contribution is -0.163. The molecule has 0 aliphatic heterocycles. The third-order valence-electron chi connectivity index (χ3n) is 11.7. The molecule has 5 heteroatoms. The zero-order valence-corrected chi connectivity index (χ0v) is 42.5. The Kier molecular flexibility index (Phi) is 52.4. The number of hydrogen-bond donors (Lipinski definition) is 0. The molecule has 0 heterocycles. The second-order valence-electron chi connectivity index (χ2n) is 18.1. The van der Waals surface area contributed by atoms with Crippen molar-refractivity contribution >= 4 is 11.9 Å². The fraction of sp³-hybridized carbons (Fsp3) is 0.763. The van der Waals surface area contributed by atoms with E-state index >= 15 is 0 Å². The van der Waals surface area contributed by atoms with Crippen molar-refractivity contribution < 1.29 is 23.8 Å². The maximum absolute atomic E-state index is 12.8. The van der Waals surface area contributed by atoms with Gasteiger partial charge in [-0.3, -0.25) is 9.59 Å². The first-order chi connectivity index (χ1) is 31.6. The van der Waals surface area contributed by atoms with Gasteiger partial charge in [-0.25, -0.2) is 0 Å². The average molecular weight is 893 g/mol. The Hall–Kier alpha value is -2.66. The summed E-state index contributed by atoms with van der Waals surface area (Å²) in [5.74, 6) is -0.429. The van der Waals surface area contributed by atoms with Gasteiger partial charge < -0.3 is 14.2 Å². The lowest BCUT2D eigenvalue weighted by atomic mass is 10.1. The number of allylic oxidation sites excluding steroid dienone is 12. The number of esters is 2. The highest BCUT2D eigenvalue weighted by Gasteiger charge is 2.17. The minimum Gasteiger partial charge on any atom is -0.462 e. The predicted molar refractivity (Wildman–Crippen MR) is 279 cm³/mol. The van der Waals surface area contributed by atoms with Crippen molar-refractivity contribution in [3.05, 3.63) is 72.9 Å². The van der Waals surface area contributed by atoms with Gasteiger partial charge in [0.1, 0.15) is 6.61 Å². The van der Waals surface area contributed by atoms with Gasteiger partial charge in [0.2, 0.25) is 0 Å². The van der Waals surface area contributed by atoms with Crippen LogP contribution in [0.4, 0.5) is 0 Å². The molecule has 0 saturated heterocycles. The summed E-state index contributed by atoms with van der Waals surface area (Å²) in [6.07, 6.45) is 70.6. The summed E-state index contributed by atoms with van der Waals surface area (Å²) in [7, 11) is 0. The van der Waals surface area contributed by atoms with E-state index in [0.29, 0.717) is 19.4 Å². The highest BCUT2D eigenvalue weighted by Crippen LogP contribution is 2.14. The van der Waals surface area contributed by atoms with Crippen LogP contribution in [-0.4, -0.2) is 37.9 Å². The minimum atomic E-state index is -0.554. The Morgan fingerprint density at radius 3 is 1.17 bits per heavy atom. The molecule has 0 N–H and O–H groups in total. The Bertz CT molecular complexity index is 1150. The molecule has 1 unspecified atom stereocenters. The zero-order valence-electron chi connectivity index (χ0n) is 42.5. The quantitative estimate of drug-likeness (QED) is 0.0346. The summed E-state index contributed by atoms with van der Waals surface area (Å²) in [4.78, 5) is 25.4. The van der Waals surface area contributed by atoms with Crippen molar-refractivity contribution in [3.63, 3.8) is 0 Å². The lowest BCUT2D eigenvalue weighted by Crippen LogP contribution is -2.30. The number of ether oxygens (including phenoxy) is 3. The maximum Gasteiger partial charge on any atom is 0.306 e. The molecule has 0 bridgehead atoms. The standard InChI is InChI=1S/C59H104O5/c1-4-7-10-13-16-19-22-25-28-29-30-33-36-39-42-45-48-51-54-62-55-57(64-59(61)53-50-47-44-41-38-35-32-27-24-21-18-15-12-9-6-3)56-63-58(60)52-49-46-43-40-37-34-31-26-23-20-17-14-11-8-5-2/h8,11,17-18,20-21,25-28,31-32,57H,4-7,9-10,12-16,19,22-24,29-30,33-56H2,1-3H3/b11-8-,20-17-,21-18-,28-25-,31-26-,32-27-. The van der Waals surface area contributed by atoms with E-state index in [0.717, 1.165) is 89.9 Å². The number of carbonyl (C=O) groups is 2. The van der Waals surface area contributed by atoms with Crippen LogP contribution in [0.3, 0.4) is 0 Å². The number of carbonyl (C=O) groups excluding carboxylic acids is 2. The Balaban J connectivity index is 4.31. The van der Waals surface area contributed by atoms with E-state index in [1.54, 1.807) is 0 Å². The van der Waals surface area contributed by atoms with Crippen molar-refractivity contribution in [3.8, 4) is 0 Å². The molecule has 0 rings (SSSR count). The monoisotopic (exact) mass is 893 g/mol. The van der Waals surface area contributed by atoms with Gasteiger partial charge in [0.25, 0.3) is 0 Å². The Labute approximate surface area is 397 Å². The van der Waals surface area contributed by atoms with Gasteiger partial charge in [-0.05, 0) is 109 Å². The van der Waals surface area contributed by atoms with Crippen LogP contribution in [0, 0.1) is 0 Å². The van der Waals surface area contributed by atoms with Crippen LogP contribution in [0.1, 0.15) is 265 Å². The molecule has 1 atom stereocenters. The van der Waals surface area contributed by atoms with Crippen LogP contribution < -0.4 is 0 Å². The first kappa shape index (κ1) is 61.3. The molecular formula is C59H104O5. The second kappa shape index (κ2) is 54.7. The van der Waals surface area contributed by atoms with E-state index in [1.807, 2.05) is 0 Å². The largest absolute Gasteiger partial charge is 0.462 e. The SMILES string of the molecule is CC/C=C\C/C=C\C/C=C\CCCCCCCC(=O)OCC(COCCCCCCCCCC/C=C\CCCCCCCC)OC(=O)CCCCCCC/C=C\C/C=C\CCCCC. The highest BCUT2D eigenvalue weighted by atomic mass is 16.6. The Morgan fingerprint density at radius 2 is 0.703 bits per heavy atom. The topological polar surface area (TPSA) is 61.8 Å². The van der Waals surface area contributed by atoms with Crippen molar-refractivity contribution in [2.75, 3.05) is 19.8 Å². The molecule has 64 heavy (non-hydrogen) atoms. The third-order valence-corrected chi connectivity index (χ3v) is 11.7. The van der Waals surface area contributed by atoms with E-state index in [2.05, 4.69) is 93.7 Å². The van der Waals surface area contributed by atoms with Gasteiger partial charge in [0.05, 0.1) is 6.61 Å². The summed E-state index contributed by atoms with van der Waals surface area (Å²) in [5.41, 5.74) is 0. The van der Waals surface area contributed by atoms with Crippen LogP contribution in [0.2, 0.25) is 0 Å². The normalized spacial score (nSPS) is 12.7. The van der Waals surface area contributed by atoms with Crippen molar-refractivity contribution in [1.29, 1.82) is 0 Å². The highest BCUT2D eigenvalue weighted by molar-refractivity contribution is 5.70. The number of unbranched alkanes of at least 4 members (excludes halogenated alkanes) is 27. The van der Waals surface area contributed by atoms with E-state index in [-0.39, 0.29) is 25.2 Å². The molecule has 5 nitrogen and oxygen atoms in total. The molecule has 0 aliphatic carbocycles. The van der Waals surface area contributed by atoms with Crippen LogP contribution in [0.5, 0.6) is 0 Å². The van der Waals surface area contributed by atoms with Crippen LogP contribution >= 0.6 is 0 Å².